The van der Waals surface area contributed by atoms with Gasteiger partial charge in [0.1, 0.15) is 5.82 Å². The van der Waals surface area contributed by atoms with Crippen molar-refractivity contribution in [1.82, 2.24) is 4.98 Å². The molecule has 3 aromatic rings. The van der Waals surface area contributed by atoms with Crippen LogP contribution in [0.15, 0.2) is 48.5 Å². The van der Waals surface area contributed by atoms with Gasteiger partial charge in [0.15, 0.2) is 17.9 Å². The van der Waals surface area contributed by atoms with E-state index in [4.69, 9.17) is 4.74 Å². The van der Waals surface area contributed by atoms with E-state index in [-0.39, 0.29) is 0 Å². The number of rotatable bonds is 8. The smallest absolute Gasteiger partial charge is 0.161 e. The molecule has 5 rings (SSSR count). The van der Waals surface area contributed by atoms with Gasteiger partial charge in [-0.15, -0.1) is 0 Å². The number of hydrogen-bond acceptors (Lipinski definition) is 4. The monoisotopic (exact) mass is 478 g/mol. The van der Waals surface area contributed by atoms with Crippen LogP contribution in [0.5, 0.6) is 0 Å². The SMILES string of the molecule is O=Cc1cc2cc(F)c(F)cc2nc1N1CCCC1C1CCC(CCOCc2ccccc2)CC1. The summed E-state index contributed by atoms with van der Waals surface area (Å²) in [6.07, 6.45) is 8.71. The number of aldehydes is 1. The fraction of sp³-hybridized carbons (Fsp3) is 0.448. The highest BCUT2D eigenvalue weighted by Crippen LogP contribution is 2.40. The topological polar surface area (TPSA) is 42.4 Å². The van der Waals surface area contributed by atoms with E-state index in [2.05, 4.69) is 22.0 Å². The van der Waals surface area contributed by atoms with Gasteiger partial charge in [-0.3, -0.25) is 4.79 Å². The quantitative estimate of drug-likeness (QED) is 0.267. The number of anilines is 1. The fourth-order valence-corrected chi connectivity index (χ4v) is 5.91. The maximum Gasteiger partial charge on any atom is 0.161 e. The molecule has 35 heavy (non-hydrogen) atoms. The largest absolute Gasteiger partial charge is 0.377 e. The van der Waals surface area contributed by atoms with Crippen molar-refractivity contribution in [2.24, 2.45) is 11.8 Å². The second-order valence-corrected chi connectivity index (χ2v) is 9.99. The first-order chi connectivity index (χ1) is 17.1. The molecule has 2 fully saturated rings. The number of ether oxygens (including phenoxy) is 1. The van der Waals surface area contributed by atoms with Gasteiger partial charge in [-0.05, 0) is 61.6 Å². The maximum absolute atomic E-state index is 13.8. The summed E-state index contributed by atoms with van der Waals surface area (Å²) in [6, 6.07) is 14.5. The van der Waals surface area contributed by atoms with Crippen molar-refractivity contribution < 1.29 is 18.3 Å². The minimum atomic E-state index is -0.926. The Morgan fingerprint density at radius 3 is 2.54 bits per heavy atom. The molecular weight excluding hydrogens is 446 g/mol. The highest BCUT2D eigenvalue weighted by atomic mass is 19.2. The highest BCUT2D eigenvalue weighted by Gasteiger charge is 2.36. The Labute approximate surface area is 205 Å². The molecule has 1 unspecified atom stereocenters. The average Bonchev–Trinajstić information content (AvgIpc) is 3.37. The molecule has 0 amide bonds. The summed E-state index contributed by atoms with van der Waals surface area (Å²) in [5.41, 5.74) is 2.04. The van der Waals surface area contributed by atoms with Crippen LogP contribution in [0.1, 0.15) is 60.9 Å². The van der Waals surface area contributed by atoms with Gasteiger partial charge in [-0.2, -0.15) is 0 Å². The van der Waals surface area contributed by atoms with Gasteiger partial charge < -0.3 is 9.64 Å². The van der Waals surface area contributed by atoms with E-state index in [0.717, 1.165) is 63.7 Å². The first kappa shape index (κ1) is 23.9. The summed E-state index contributed by atoms with van der Waals surface area (Å²) in [5.74, 6) is 0.0153. The Hall–Kier alpha value is -2.86. The fourth-order valence-electron chi connectivity index (χ4n) is 5.91. The zero-order valence-corrected chi connectivity index (χ0v) is 20.0. The van der Waals surface area contributed by atoms with E-state index in [1.165, 1.54) is 18.4 Å². The number of hydrogen-bond donors (Lipinski definition) is 0. The first-order valence-electron chi connectivity index (χ1n) is 12.8. The minimum Gasteiger partial charge on any atom is -0.377 e. The molecule has 1 aliphatic carbocycles. The zero-order valence-electron chi connectivity index (χ0n) is 20.0. The van der Waals surface area contributed by atoms with E-state index in [1.807, 2.05) is 18.2 Å². The summed E-state index contributed by atoms with van der Waals surface area (Å²) < 4.78 is 33.4. The lowest BCUT2D eigenvalue weighted by molar-refractivity contribution is 0.0966. The maximum atomic E-state index is 13.8. The molecule has 1 atom stereocenters. The Morgan fingerprint density at radius 2 is 1.77 bits per heavy atom. The molecule has 1 saturated heterocycles. The molecule has 6 heteroatoms. The third-order valence-electron chi connectivity index (χ3n) is 7.78. The highest BCUT2D eigenvalue weighted by molar-refractivity contribution is 5.92. The summed E-state index contributed by atoms with van der Waals surface area (Å²) >= 11 is 0. The van der Waals surface area contributed by atoms with Crippen LogP contribution in [0, 0.1) is 23.5 Å². The van der Waals surface area contributed by atoms with Crippen molar-refractivity contribution in [2.45, 2.75) is 57.6 Å². The van der Waals surface area contributed by atoms with Crippen LogP contribution in [0.4, 0.5) is 14.6 Å². The van der Waals surface area contributed by atoms with E-state index in [0.29, 0.717) is 46.8 Å². The van der Waals surface area contributed by atoms with Crippen molar-refractivity contribution in [1.29, 1.82) is 0 Å². The molecule has 0 spiro atoms. The molecule has 2 heterocycles. The Bertz CT molecular complexity index is 1160. The van der Waals surface area contributed by atoms with Gasteiger partial charge in [0, 0.05) is 30.6 Å². The van der Waals surface area contributed by atoms with E-state index in [1.54, 1.807) is 6.07 Å². The van der Waals surface area contributed by atoms with Crippen LogP contribution >= 0.6 is 0 Å². The van der Waals surface area contributed by atoms with Crippen LogP contribution in [0.3, 0.4) is 0 Å². The molecule has 1 aliphatic heterocycles. The molecule has 0 bridgehead atoms. The molecule has 2 aromatic carbocycles. The zero-order chi connectivity index (χ0) is 24.2. The summed E-state index contributed by atoms with van der Waals surface area (Å²) in [6.45, 7) is 2.29. The van der Waals surface area contributed by atoms with Gasteiger partial charge in [0.25, 0.3) is 0 Å². The molecule has 4 nitrogen and oxygen atoms in total. The number of carbonyl (C=O) groups is 1. The Kier molecular flexibility index (Phi) is 7.37. The first-order valence-corrected chi connectivity index (χ1v) is 12.8. The number of fused-ring (bicyclic) bond motifs is 1. The van der Waals surface area contributed by atoms with Crippen LogP contribution in [0.25, 0.3) is 10.9 Å². The lowest BCUT2D eigenvalue weighted by Gasteiger charge is -2.37. The van der Waals surface area contributed by atoms with Crippen molar-refractivity contribution in [3.63, 3.8) is 0 Å². The Balaban J connectivity index is 1.20. The van der Waals surface area contributed by atoms with E-state index in [9.17, 15) is 13.6 Å². The normalized spacial score (nSPS) is 22.6. The standard InChI is InChI=1S/C29H32F2N2O2/c30-25-16-23-15-24(18-34)29(32-27(23)17-26(25)31)33-13-4-7-28(33)22-10-8-20(9-11-22)12-14-35-19-21-5-2-1-3-6-21/h1-3,5-6,15-18,20,22,28H,4,7-14,19H2. The van der Waals surface area contributed by atoms with Crippen molar-refractivity contribution in [2.75, 3.05) is 18.1 Å². The molecule has 1 saturated carbocycles. The van der Waals surface area contributed by atoms with Gasteiger partial charge >= 0.3 is 0 Å². The van der Waals surface area contributed by atoms with Crippen molar-refractivity contribution in [3.05, 3.63) is 71.3 Å². The van der Waals surface area contributed by atoms with E-state index < -0.39 is 11.6 Å². The lowest BCUT2D eigenvalue weighted by atomic mass is 9.77. The number of pyridine rings is 1. The molecule has 1 aromatic heterocycles. The number of aromatic nitrogens is 1. The molecule has 184 valence electrons. The van der Waals surface area contributed by atoms with Crippen molar-refractivity contribution in [3.8, 4) is 0 Å². The van der Waals surface area contributed by atoms with Crippen LogP contribution in [0.2, 0.25) is 0 Å². The second-order valence-electron chi connectivity index (χ2n) is 9.99. The molecule has 0 N–H and O–H groups in total. The predicted molar refractivity (Wildman–Crippen MR) is 134 cm³/mol. The van der Waals surface area contributed by atoms with Gasteiger partial charge in [-0.1, -0.05) is 43.2 Å². The third kappa shape index (κ3) is 5.37. The van der Waals surface area contributed by atoms with Crippen LogP contribution in [-0.2, 0) is 11.3 Å². The van der Waals surface area contributed by atoms with Crippen LogP contribution in [-0.4, -0.2) is 30.5 Å². The third-order valence-corrected chi connectivity index (χ3v) is 7.78. The second kappa shape index (κ2) is 10.8. The summed E-state index contributed by atoms with van der Waals surface area (Å²) in [4.78, 5) is 18.8. The molecule has 0 radical (unpaired) electrons. The molecular formula is C29H32F2N2O2. The average molecular weight is 479 g/mol. The van der Waals surface area contributed by atoms with E-state index >= 15 is 0 Å². The predicted octanol–water partition coefficient (Wildman–Crippen LogP) is 6.71. The van der Waals surface area contributed by atoms with Gasteiger partial charge in [0.2, 0.25) is 0 Å². The number of carbonyl (C=O) groups excluding carboxylic acids is 1. The minimum absolute atomic E-state index is 0.333. The summed E-state index contributed by atoms with van der Waals surface area (Å²) in [7, 11) is 0. The van der Waals surface area contributed by atoms with Crippen molar-refractivity contribution >= 4 is 23.0 Å². The lowest BCUT2D eigenvalue weighted by Crippen LogP contribution is -2.38. The number of benzene rings is 2. The van der Waals surface area contributed by atoms with Crippen LogP contribution < -0.4 is 4.90 Å². The number of nitrogens with zero attached hydrogens (tertiary/aromatic N) is 2. The summed E-state index contributed by atoms with van der Waals surface area (Å²) in [5, 5.41) is 0.445. The Morgan fingerprint density at radius 1 is 1.00 bits per heavy atom. The number of halogens is 2. The van der Waals surface area contributed by atoms with Gasteiger partial charge in [0.05, 0.1) is 17.7 Å². The molecule has 2 aliphatic rings. The van der Waals surface area contributed by atoms with Gasteiger partial charge in [-0.25, -0.2) is 13.8 Å².